The van der Waals surface area contributed by atoms with E-state index in [1.807, 2.05) is 6.92 Å². The highest BCUT2D eigenvalue weighted by molar-refractivity contribution is 5.85. The summed E-state index contributed by atoms with van der Waals surface area (Å²) in [5, 5.41) is 19.0. The lowest BCUT2D eigenvalue weighted by Gasteiger charge is -2.03. The van der Waals surface area contributed by atoms with Gasteiger partial charge >= 0.3 is 5.97 Å². The summed E-state index contributed by atoms with van der Waals surface area (Å²) in [6.07, 6.45) is 5.51. The fraction of sp³-hybridized carbons (Fsp3) is 0.588. The molecule has 0 aromatic carbocycles. The van der Waals surface area contributed by atoms with Gasteiger partial charge in [0, 0.05) is 19.3 Å². The number of ether oxygens (including phenoxy) is 2. The number of rotatable bonds is 7. The minimum Gasteiger partial charge on any atom is -0.477 e. The zero-order valence-corrected chi connectivity index (χ0v) is 14.7. The summed E-state index contributed by atoms with van der Waals surface area (Å²) in [6.45, 7) is 6.20. The van der Waals surface area contributed by atoms with Crippen molar-refractivity contribution >= 4 is 5.97 Å². The molecule has 0 amide bonds. The third-order valence-electron chi connectivity index (χ3n) is 3.81. The van der Waals surface area contributed by atoms with Gasteiger partial charge in [0.25, 0.3) is 0 Å². The molecule has 2 aromatic rings. The van der Waals surface area contributed by atoms with Crippen LogP contribution in [0.4, 0.5) is 0 Å². The van der Waals surface area contributed by atoms with Crippen LogP contribution in [0.1, 0.15) is 60.1 Å². The van der Waals surface area contributed by atoms with E-state index in [1.165, 1.54) is 18.9 Å². The van der Waals surface area contributed by atoms with E-state index in [4.69, 9.17) is 19.1 Å². The molecule has 0 spiro atoms. The van der Waals surface area contributed by atoms with E-state index >= 15 is 0 Å². The number of aryl methyl sites for hydroxylation is 2. The van der Waals surface area contributed by atoms with Gasteiger partial charge in [0.15, 0.2) is 0 Å². The van der Waals surface area contributed by atoms with Crippen LogP contribution in [0.15, 0.2) is 10.6 Å². The van der Waals surface area contributed by atoms with Gasteiger partial charge in [0.05, 0.1) is 11.3 Å². The molecule has 0 saturated carbocycles. The third-order valence-corrected chi connectivity index (χ3v) is 3.81. The van der Waals surface area contributed by atoms with Gasteiger partial charge in [-0.2, -0.15) is 0 Å². The van der Waals surface area contributed by atoms with Crippen LogP contribution in [-0.2, 0) is 17.8 Å². The maximum absolute atomic E-state index is 10.7. The van der Waals surface area contributed by atoms with Crippen molar-refractivity contribution in [2.24, 2.45) is 0 Å². The maximum Gasteiger partial charge on any atom is 0.354 e. The minimum atomic E-state index is -1.07. The molecule has 138 valence electrons. The van der Waals surface area contributed by atoms with Gasteiger partial charge in [0.1, 0.15) is 18.1 Å². The number of nitrogens with one attached hydrogen (secondary N) is 1. The zero-order valence-electron chi connectivity index (χ0n) is 14.7. The topological polar surface area (TPSA) is 110 Å². The summed E-state index contributed by atoms with van der Waals surface area (Å²) in [4.78, 5) is 10.7. The average molecular weight is 351 g/mol. The number of carboxylic acids is 1. The van der Waals surface area contributed by atoms with Crippen molar-refractivity contribution < 1.29 is 23.9 Å². The Hall–Kier alpha value is -2.35. The van der Waals surface area contributed by atoms with Crippen molar-refractivity contribution in [1.29, 1.82) is 0 Å². The Balaban J connectivity index is 0.000000386. The highest BCUT2D eigenvalue weighted by Gasteiger charge is 2.14. The first-order valence-corrected chi connectivity index (χ1v) is 8.55. The molecule has 3 rings (SSSR count). The quantitative estimate of drug-likeness (QED) is 0.788. The normalized spacial score (nSPS) is 13.4. The molecule has 1 aliphatic rings. The molecule has 8 heteroatoms. The molecule has 0 bridgehead atoms. The van der Waals surface area contributed by atoms with Crippen molar-refractivity contribution in [3.8, 4) is 5.88 Å². The van der Waals surface area contributed by atoms with Crippen molar-refractivity contribution in [2.75, 3.05) is 13.2 Å². The molecular weight excluding hydrogens is 326 g/mol. The van der Waals surface area contributed by atoms with Gasteiger partial charge in [-0.05, 0) is 32.6 Å². The average Bonchev–Trinajstić information content (AvgIpc) is 3.35. The summed E-state index contributed by atoms with van der Waals surface area (Å²) in [7, 11) is 0. The Morgan fingerprint density at radius 3 is 2.72 bits per heavy atom. The van der Waals surface area contributed by atoms with Crippen LogP contribution in [0.2, 0.25) is 0 Å². The predicted octanol–water partition coefficient (Wildman–Crippen LogP) is 3.12. The van der Waals surface area contributed by atoms with Gasteiger partial charge in [-0.25, -0.2) is 4.79 Å². The predicted molar refractivity (Wildman–Crippen MR) is 89.8 cm³/mol. The fourth-order valence-electron chi connectivity index (χ4n) is 2.31. The van der Waals surface area contributed by atoms with Crippen molar-refractivity contribution in [3.05, 3.63) is 28.8 Å². The maximum atomic E-state index is 10.7. The molecule has 3 heterocycles. The second kappa shape index (κ2) is 9.83. The number of aromatic carboxylic acids is 1. The van der Waals surface area contributed by atoms with E-state index in [9.17, 15) is 4.79 Å². The standard InChI is InChI=1S/C13H17N3O4.C4H8O/c1-3-4-5-10-9(8(2)20-16-10)7-19-12-6-11(13(17)18)14-15-12;1-2-4-5-3-1/h6H,3-5,7H2,1-2H3,(H,14,15)(H,17,18);1-4H2. The molecule has 2 N–H and O–H groups in total. The van der Waals surface area contributed by atoms with Crippen LogP contribution in [0, 0.1) is 6.92 Å². The Morgan fingerprint density at radius 2 is 2.16 bits per heavy atom. The van der Waals surface area contributed by atoms with Crippen molar-refractivity contribution in [3.63, 3.8) is 0 Å². The van der Waals surface area contributed by atoms with E-state index in [2.05, 4.69) is 22.3 Å². The van der Waals surface area contributed by atoms with Crippen LogP contribution in [0.3, 0.4) is 0 Å². The number of hydrogen-bond donors (Lipinski definition) is 2. The molecule has 2 aromatic heterocycles. The van der Waals surface area contributed by atoms with Gasteiger partial charge < -0.3 is 19.1 Å². The molecule has 0 unspecified atom stereocenters. The van der Waals surface area contributed by atoms with Gasteiger partial charge in [-0.3, -0.25) is 5.10 Å². The molecule has 1 saturated heterocycles. The van der Waals surface area contributed by atoms with Crippen LogP contribution < -0.4 is 4.74 Å². The van der Waals surface area contributed by atoms with E-state index < -0.39 is 5.97 Å². The number of aromatic nitrogens is 3. The fourth-order valence-corrected chi connectivity index (χ4v) is 2.31. The zero-order chi connectivity index (χ0) is 18.1. The molecule has 1 fully saturated rings. The number of carboxylic acid groups (broad SMARTS) is 1. The first-order valence-electron chi connectivity index (χ1n) is 8.55. The molecule has 25 heavy (non-hydrogen) atoms. The summed E-state index contributed by atoms with van der Waals surface area (Å²) < 4.78 is 15.6. The third kappa shape index (κ3) is 5.90. The molecule has 0 atom stereocenters. The Kier molecular flexibility index (Phi) is 7.46. The second-order valence-corrected chi connectivity index (χ2v) is 5.80. The summed E-state index contributed by atoms with van der Waals surface area (Å²) in [5.74, 6) is -0.119. The smallest absolute Gasteiger partial charge is 0.354 e. The number of carbonyl (C=O) groups is 1. The Morgan fingerprint density at radius 1 is 1.40 bits per heavy atom. The number of aromatic amines is 1. The summed E-state index contributed by atoms with van der Waals surface area (Å²) >= 11 is 0. The van der Waals surface area contributed by atoms with E-state index in [-0.39, 0.29) is 18.2 Å². The molecular formula is C17H25N3O5. The Labute approximate surface area is 146 Å². The molecule has 1 aliphatic heterocycles. The van der Waals surface area contributed by atoms with E-state index in [1.54, 1.807) is 0 Å². The number of unbranched alkanes of at least 4 members (excludes halogenated alkanes) is 1. The molecule has 8 nitrogen and oxygen atoms in total. The van der Waals surface area contributed by atoms with E-state index in [0.717, 1.165) is 43.7 Å². The summed E-state index contributed by atoms with van der Waals surface area (Å²) in [6, 6.07) is 1.34. The first-order chi connectivity index (χ1) is 12.1. The monoisotopic (exact) mass is 351 g/mol. The number of H-pyrrole nitrogens is 1. The second-order valence-electron chi connectivity index (χ2n) is 5.80. The van der Waals surface area contributed by atoms with Crippen LogP contribution >= 0.6 is 0 Å². The minimum absolute atomic E-state index is 0.00625. The Bertz CT molecular complexity index is 653. The van der Waals surface area contributed by atoms with Gasteiger partial charge in [-0.1, -0.05) is 18.5 Å². The largest absolute Gasteiger partial charge is 0.477 e. The highest BCUT2D eigenvalue weighted by atomic mass is 16.5. The van der Waals surface area contributed by atoms with Crippen molar-refractivity contribution in [2.45, 2.75) is 52.6 Å². The molecule has 0 aliphatic carbocycles. The SMILES string of the molecule is C1CCOC1.CCCCc1noc(C)c1COc1cc(C(=O)O)[nH]n1. The number of nitrogens with zero attached hydrogens (tertiary/aromatic N) is 2. The number of hydrogen-bond acceptors (Lipinski definition) is 6. The summed E-state index contributed by atoms with van der Waals surface area (Å²) in [5.41, 5.74) is 1.78. The lowest BCUT2D eigenvalue weighted by molar-refractivity contribution is 0.0690. The first kappa shape index (κ1) is 19.0. The van der Waals surface area contributed by atoms with E-state index in [0.29, 0.717) is 5.76 Å². The van der Waals surface area contributed by atoms with Crippen LogP contribution in [0.25, 0.3) is 0 Å². The molecule has 0 radical (unpaired) electrons. The highest BCUT2D eigenvalue weighted by Crippen LogP contribution is 2.18. The lowest BCUT2D eigenvalue weighted by atomic mass is 10.1. The lowest BCUT2D eigenvalue weighted by Crippen LogP contribution is -2.00. The van der Waals surface area contributed by atoms with Crippen LogP contribution in [-0.4, -0.2) is 39.6 Å². The van der Waals surface area contributed by atoms with Gasteiger partial charge in [-0.15, -0.1) is 5.10 Å². The van der Waals surface area contributed by atoms with Crippen LogP contribution in [0.5, 0.6) is 5.88 Å². The van der Waals surface area contributed by atoms with Crippen molar-refractivity contribution in [1.82, 2.24) is 15.4 Å². The van der Waals surface area contributed by atoms with Gasteiger partial charge in [0.2, 0.25) is 5.88 Å².